The number of aromatic amines is 2. The minimum absolute atomic E-state index is 0.185. The van der Waals surface area contributed by atoms with Gasteiger partial charge in [-0.05, 0) is 31.0 Å². The lowest BCUT2D eigenvalue weighted by Gasteiger charge is -2.05. The van der Waals surface area contributed by atoms with Crippen molar-refractivity contribution in [2.75, 3.05) is 6.61 Å². The number of carbonyl (C=O) groups excluding carboxylic acids is 1. The lowest BCUT2D eigenvalue weighted by Crippen LogP contribution is -2.30. The average Bonchev–Trinajstić information content (AvgIpc) is 2.59. The quantitative estimate of drug-likeness (QED) is 0.374. The van der Waals surface area contributed by atoms with E-state index in [0.717, 1.165) is 24.2 Å². The van der Waals surface area contributed by atoms with E-state index in [0.29, 0.717) is 12.3 Å². The molecule has 8 heteroatoms. The molecule has 1 amide bonds. The molecule has 3 N–H and O–H groups in total. The third kappa shape index (κ3) is 5.73. The van der Waals surface area contributed by atoms with E-state index in [1.54, 1.807) is 6.92 Å². The molecule has 1 heterocycles. The number of benzene rings is 1. The molecule has 0 aliphatic carbocycles. The van der Waals surface area contributed by atoms with Crippen molar-refractivity contribution in [3.63, 3.8) is 0 Å². The first-order valence-electron chi connectivity index (χ1n) is 8.36. The van der Waals surface area contributed by atoms with Gasteiger partial charge in [-0.3, -0.25) is 14.6 Å². The van der Waals surface area contributed by atoms with Crippen LogP contribution in [0.5, 0.6) is 5.75 Å². The second-order valence-corrected chi connectivity index (χ2v) is 5.76. The SMILES string of the molecule is CCCCOc1cccc(/C=N\NC(=O)Cc2c(C)[nH]c(=O)[nH]c2=O)c1. The van der Waals surface area contributed by atoms with Crippen LogP contribution in [0.25, 0.3) is 0 Å². The Labute approximate surface area is 150 Å². The summed E-state index contributed by atoms with van der Waals surface area (Å²) < 4.78 is 5.61. The Bertz CT molecular complexity index is 899. The van der Waals surface area contributed by atoms with E-state index < -0.39 is 17.2 Å². The summed E-state index contributed by atoms with van der Waals surface area (Å²) in [5.41, 5.74) is 2.51. The van der Waals surface area contributed by atoms with Gasteiger partial charge in [0, 0.05) is 11.3 Å². The standard InChI is InChI=1S/C18H22N4O4/c1-3-4-8-26-14-7-5-6-13(9-14)11-19-22-16(23)10-15-12(2)20-18(25)21-17(15)24/h5-7,9,11H,3-4,8,10H2,1-2H3,(H,22,23)(H2,20,21,24,25)/b19-11-. The van der Waals surface area contributed by atoms with Crippen LogP contribution in [0.4, 0.5) is 0 Å². The van der Waals surface area contributed by atoms with E-state index in [9.17, 15) is 14.4 Å². The fourth-order valence-corrected chi connectivity index (χ4v) is 2.24. The molecule has 0 atom stereocenters. The van der Waals surface area contributed by atoms with Crippen LogP contribution in [0, 0.1) is 6.92 Å². The average molecular weight is 358 g/mol. The van der Waals surface area contributed by atoms with Crippen LogP contribution in [0.15, 0.2) is 39.0 Å². The first-order chi connectivity index (χ1) is 12.5. The Morgan fingerprint density at radius 3 is 2.85 bits per heavy atom. The topological polar surface area (TPSA) is 116 Å². The number of hydrogen-bond donors (Lipinski definition) is 3. The van der Waals surface area contributed by atoms with Gasteiger partial charge in [0.25, 0.3) is 5.56 Å². The number of H-pyrrole nitrogens is 2. The van der Waals surface area contributed by atoms with Crippen molar-refractivity contribution >= 4 is 12.1 Å². The fraction of sp³-hybridized carbons (Fsp3) is 0.333. The third-order valence-corrected chi connectivity index (χ3v) is 3.62. The number of nitrogens with zero attached hydrogens (tertiary/aromatic N) is 1. The van der Waals surface area contributed by atoms with Crippen molar-refractivity contribution in [1.82, 2.24) is 15.4 Å². The van der Waals surface area contributed by atoms with Gasteiger partial charge >= 0.3 is 5.69 Å². The zero-order valence-electron chi connectivity index (χ0n) is 14.8. The maximum Gasteiger partial charge on any atom is 0.325 e. The molecule has 26 heavy (non-hydrogen) atoms. The Balaban J connectivity index is 1.94. The van der Waals surface area contributed by atoms with Gasteiger partial charge in [-0.1, -0.05) is 25.5 Å². The first-order valence-corrected chi connectivity index (χ1v) is 8.36. The van der Waals surface area contributed by atoms with Crippen LogP contribution in [0.3, 0.4) is 0 Å². The number of aryl methyl sites for hydroxylation is 1. The number of hydrogen-bond acceptors (Lipinski definition) is 5. The number of hydrazone groups is 1. The molecule has 0 aliphatic heterocycles. The van der Waals surface area contributed by atoms with Gasteiger partial charge in [-0.15, -0.1) is 0 Å². The van der Waals surface area contributed by atoms with Gasteiger partial charge in [0.05, 0.1) is 19.2 Å². The van der Waals surface area contributed by atoms with Crippen molar-refractivity contribution in [1.29, 1.82) is 0 Å². The van der Waals surface area contributed by atoms with Crippen LogP contribution in [0.2, 0.25) is 0 Å². The van der Waals surface area contributed by atoms with E-state index in [1.807, 2.05) is 24.3 Å². The number of unbranched alkanes of at least 4 members (excludes halogenated alkanes) is 1. The predicted octanol–water partition coefficient (Wildman–Crippen LogP) is 1.24. The van der Waals surface area contributed by atoms with Gasteiger partial charge in [0.2, 0.25) is 5.91 Å². The van der Waals surface area contributed by atoms with Crippen LogP contribution in [-0.4, -0.2) is 28.7 Å². The molecule has 0 fully saturated rings. The summed E-state index contributed by atoms with van der Waals surface area (Å²) in [4.78, 5) is 39.4. The van der Waals surface area contributed by atoms with E-state index in [-0.39, 0.29) is 12.0 Å². The maximum absolute atomic E-state index is 11.9. The molecule has 0 radical (unpaired) electrons. The van der Waals surface area contributed by atoms with Crippen LogP contribution >= 0.6 is 0 Å². The number of rotatable bonds is 8. The van der Waals surface area contributed by atoms with E-state index >= 15 is 0 Å². The molecule has 1 aromatic heterocycles. The zero-order valence-corrected chi connectivity index (χ0v) is 14.8. The molecule has 0 aliphatic rings. The largest absolute Gasteiger partial charge is 0.494 e. The van der Waals surface area contributed by atoms with E-state index in [2.05, 4.69) is 27.4 Å². The highest BCUT2D eigenvalue weighted by molar-refractivity contribution is 5.83. The minimum atomic E-state index is -0.601. The van der Waals surface area contributed by atoms with Crippen molar-refractivity contribution in [2.24, 2.45) is 5.10 Å². The van der Waals surface area contributed by atoms with Crippen LogP contribution in [0.1, 0.15) is 36.6 Å². The number of ether oxygens (including phenoxy) is 1. The van der Waals surface area contributed by atoms with Crippen molar-refractivity contribution in [2.45, 2.75) is 33.1 Å². The summed E-state index contributed by atoms with van der Waals surface area (Å²) in [5, 5.41) is 3.89. The lowest BCUT2D eigenvalue weighted by molar-refractivity contribution is -0.120. The summed E-state index contributed by atoms with van der Waals surface area (Å²) >= 11 is 0. The number of amides is 1. The van der Waals surface area contributed by atoms with Crippen LogP contribution < -0.4 is 21.4 Å². The highest BCUT2D eigenvalue weighted by Crippen LogP contribution is 2.12. The molecule has 1 aromatic carbocycles. The normalized spacial score (nSPS) is 10.8. The Morgan fingerprint density at radius 2 is 2.12 bits per heavy atom. The second kappa shape index (κ2) is 9.36. The molecule has 0 spiro atoms. The summed E-state index contributed by atoms with van der Waals surface area (Å²) in [6, 6.07) is 7.35. The molecule has 0 bridgehead atoms. The van der Waals surface area contributed by atoms with E-state index in [1.165, 1.54) is 6.21 Å². The molecule has 2 rings (SSSR count). The highest BCUT2D eigenvalue weighted by Gasteiger charge is 2.10. The maximum atomic E-state index is 11.9. The molecule has 8 nitrogen and oxygen atoms in total. The summed E-state index contributed by atoms with van der Waals surface area (Å²) in [6.45, 7) is 4.31. The van der Waals surface area contributed by atoms with Gasteiger partial charge in [-0.2, -0.15) is 5.10 Å². The van der Waals surface area contributed by atoms with Crippen molar-refractivity contribution < 1.29 is 9.53 Å². The molecule has 2 aromatic rings. The zero-order chi connectivity index (χ0) is 18.9. The minimum Gasteiger partial charge on any atom is -0.494 e. The summed E-state index contributed by atoms with van der Waals surface area (Å²) in [6.07, 6.45) is 3.35. The molecule has 0 unspecified atom stereocenters. The molecule has 0 saturated heterocycles. The van der Waals surface area contributed by atoms with Crippen LogP contribution in [-0.2, 0) is 11.2 Å². The van der Waals surface area contributed by atoms with Gasteiger partial charge in [0.15, 0.2) is 0 Å². The Kier molecular flexibility index (Phi) is 6.90. The van der Waals surface area contributed by atoms with Gasteiger partial charge in [-0.25, -0.2) is 10.2 Å². The molecule has 0 saturated carbocycles. The first kappa shape index (κ1) is 19.2. The summed E-state index contributed by atoms with van der Waals surface area (Å²) in [5.74, 6) is 0.279. The molecular weight excluding hydrogens is 336 g/mol. The van der Waals surface area contributed by atoms with E-state index in [4.69, 9.17) is 4.74 Å². The van der Waals surface area contributed by atoms with Crippen molar-refractivity contribution in [3.05, 3.63) is 61.9 Å². The number of carbonyl (C=O) groups is 1. The highest BCUT2D eigenvalue weighted by atomic mass is 16.5. The third-order valence-electron chi connectivity index (χ3n) is 3.62. The fourth-order valence-electron chi connectivity index (χ4n) is 2.24. The van der Waals surface area contributed by atoms with Gasteiger partial charge < -0.3 is 9.72 Å². The lowest BCUT2D eigenvalue weighted by atomic mass is 10.1. The second-order valence-electron chi connectivity index (χ2n) is 5.76. The molecule has 138 valence electrons. The Hall–Kier alpha value is -3.16. The monoisotopic (exact) mass is 358 g/mol. The smallest absolute Gasteiger partial charge is 0.325 e. The number of nitrogens with one attached hydrogen (secondary N) is 3. The van der Waals surface area contributed by atoms with Crippen molar-refractivity contribution in [3.8, 4) is 5.75 Å². The molecular formula is C18H22N4O4. The predicted molar refractivity (Wildman–Crippen MR) is 98.7 cm³/mol. The number of aromatic nitrogens is 2. The summed E-state index contributed by atoms with van der Waals surface area (Å²) in [7, 11) is 0. The van der Waals surface area contributed by atoms with Gasteiger partial charge in [0.1, 0.15) is 5.75 Å². The Morgan fingerprint density at radius 1 is 1.31 bits per heavy atom.